The van der Waals surface area contributed by atoms with Gasteiger partial charge in [0, 0.05) is 6.20 Å². The Balaban J connectivity index is 2.17. The van der Waals surface area contributed by atoms with Crippen molar-refractivity contribution in [3.05, 3.63) is 51.2 Å². The van der Waals surface area contributed by atoms with Gasteiger partial charge in [-0.25, -0.2) is 9.97 Å². The Bertz CT molecular complexity index is 580. The van der Waals surface area contributed by atoms with Gasteiger partial charge in [-0.1, -0.05) is 11.6 Å². The first-order chi connectivity index (χ1) is 8.15. The van der Waals surface area contributed by atoms with Crippen molar-refractivity contribution in [2.24, 2.45) is 0 Å². The summed E-state index contributed by atoms with van der Waals surface area (Å²) in [6.45, 7) is 0. The quantitative estimate of drug-likeness (QED) is 0.476. The van der Waals surface area contributed by atoms with Crippen LogP contribution in [0.15, 0.2) is 28.8 Å². The molecule has 0 aliphatic heterocycles. The largest absolute Gasteiger partial charge is 0.433 e. The molecule has 0 radical (unpaired) electrons. The second-order valence-electron chi connectivity index (χ2n) is 3.00. The van der Waals surface area contributed by atoms with Crippen molar-refractivity contribution in [2.75, 3.05) is 0 Å². The van der Waals surface area contributed by atoms with Crippen molar-refractivity contribution >= 4 is 29.6 Å². The molecule has 2 aromatic heterocycles. The van der Waals surface area contributed by atoms with Crippen molar-refractivity contribution in [1.29, 1.82) is 0 Å². The van der Waals surface area contributed by atoms with Gasteiger partial charge in [0.25, 0.3) is 0 Å². The molecule has 6 nitrogen and oxygen atoms in total. The van der Waals surface area contributed by atoms with Crippen LogP contribution < -0.4 is 0 Å². The molecule has 0 N–H and O–H groups in total. The van der Waals surface area contributed by atoms with Crippen molar-refractivity contribution < 1.29 is 9.34 Å². The number of hydrogen-bond donors (Lipinski definition) is 0. The van der Waals surface area contributed by atoms with Crippen LogP contribution in [0, 0.1) is 10.1 Å². The molecular formula is C10H6ClN3O3. The van der Waals surface area contributed by atoms with Gasteiger partial charge in [0.2, 0.25) is 0 Å². The summed E-state index contributed by atoms with van der Waals surface area (Å²) in [5.74, 6) is 0.438. The zero-order chi connectivity index (χ0) is 12.3. The summed E-state index contributed by atoms with van der Waals surface area (Å²) in [4.78, 5) is 17.6. The molecule has 0 spiro atoms. The highest BCUT2D eigenvalue weighted by atomic mass is 35.5. The van der Waals surface area contributed by atoms with Crippen LogP contribution in [0.25, 0.3) is 12.2 Å². The van der Waals surface area contributed by atoms with Crippen LogP contribution >= 0.6 is 11.6 Å². The average molecular weight is 252 g/mol. The number of nitrogens with zero attached hydrogens (tertiary/aromatic N) is 3. The van der Waals surface area contributed by atoms with Gasteiger partial charge in [0.1, 0.15) is 15.8 Å². The summed E-state index contributed by atoms with van der Waals surface area (Å²) >= 11 is 5.67. The maximum absolute atomic E-state index is 10.4. The number of rotatable bonds is 3. The summed E-state index contributed by atoms with van der Waals surface area (Å²) in [5, 5.41) is 10.7. The maximum atomic E-state index is 10.4. The SMILES string of the molecule is O=[N+]([O-])c1ccc(/C=C\c2nccc(Cl)n2)o1. The molecule has 0 saturated heterocycles. The number of nitro groups is 1. The maximum Gasteiger partial charge on any atom is 0.433 e. The topological polar surface area (TPSA) is 82.1 Å². The van der Waals surface area contributed by atoms with Crippen molar-refractivity contribution in [3.63, 3.8) is 0 Å². The smallest absolute Gasteiger partial charge is 0.401 e. The molecule has 86 valence electrons. The first-order valence-corrected chi connectivity index (χ1v) is 4.94. The lowest BCUT2D eigenvalue weighted by Gasteiger charge is -1.91. The fourth-order valence-electron chi connectivity index (χ4n) is 1.12. The minimum absolute atomic E-state index is 0.309. The molecular weight excluding hydrogens is 246 g/mol. The van der Waals surface area contributed by atoms with Gasteiger partial charge in [0.05, 0.1) is 6.07 Å². The highest BCUT2D eigenvalue weighted by Gasteiger charge is 2.09. The minimum Gasteiger partial charge on any atom is -0.401 e. The summed E-state index contributed by atoms with van der Waals surface area (Å²) < 4.78 is 4.92. The Labute approximate surface area is 101 Å². The number of hydrogen-bond acceptors (Lipinski definition) is 5. The van der Waals surface area contributed by atoms with Crippen LogP contribution in [-0.2, 0) is 0 Å². The third kappa shape index (κ3) is 2.88. The Morgan fingerprint density at radius 2 is 2.18 bits per heavy atom. The second-order valence-corrected chi connectivity index (χ2v) is 3.39. The molecule has 0 fully saturated rings. The standard InChI is InChI=1S/C10H6ClN3O3/c11-8-5-6-12-9(13-8)3-1-7-2-4-10(17-7)14(15)16/h1-6H/b3-1-. The molecule has 0 bridgehead atoms. The number of aromatic nitrogens is 2. The van der Waals surface area contributed by atoms with E-state index in [4.69, 9.17) is 16.0 Å². The van der Waals surface area contributed by atoms with Gasteiger partial charge in [0.15, 0.2) is 5.82 Å². The molecule has 0 amide bonds. The normalized spacial score (nSPS) is 10.9. The van der Waals surface area contributed by atoms with Crippen LogP contribution in [0.5, 0.6) is 0 Å². The monoisotopic (exact) mass is 251 g/mol. The van der Waals surface area contributed by atoms with E-state index in [0.717, 1.165) is 0 Å². The minimum atomic E-state index is -0.604. The van der Waals surface area contributed by atoms with Gasteiger partial charge >= 0.3 is 5.88 Å². The summed E-state index contributed by atoms with van der Waals surface area (Å²) in [7, 11) is 0. The van der Waals surface area contributed by atoms with Crippen LogP contribution in [0.4, 0.5) is 5.88 Å². The van der Waals surface area contributed by atoms with Crippen LogP contribution in [0.1, 0.15) is 11.6 Å². The third-order valence-electron chi connectivity index (χ3n) is 1.83. The van der Waals surface area contributed by atoms with E-state index in [0.29, 0.717) is 16.7 Å². The zero-order valence-corrected chi connectivity index (χ0v) is 9.16. The van der Waals surface area contributed by atoms with E-state index in [9.17, 15) is 10.1 Å². The van der Waals surface area contributed by atoms with E-state index in [1.165, 1.54) is 24.4 Å². The van der Waals surface area contributed by atoms with Crippen LogP contribution in [0.3, 0.4) is 0 Å². The van der Waals surface area contributed by atoms with Gasteiger partial charge < -0.3 is 4.42 Å². The molecule has 0 aromatic carbocycles. The molecule has 7 heteroatoms. The van der Waals surface area contributed by atoms with Crippen LogP contribution in [-0.4, -0.2) is 14.9 Å². The number of halogens is 1. The van der Waals surface area contributed by atoms with Crippen molar-refractivity contribution in [2.45, 2.75) is 0 Å². The second kappa shape index (κ2) is 4.75. The van der Waals surface area contributed by atoms with Gasteiger partial charge in [-0.3, -0.25) is 10.1 Å². The van der Waals surface area contributed by atoms with Gasteiger partial charge in [-0.05, 0) is 24.3 Å². The lowest BCUT2D eigenvalue weighted by molar-refractivity contribution is -0.402. The predicted molar refractivity (Wildman–Crippen MR) is 61.3 cm³/mol. The predicted octanol–water partition coefficient (Wildman–Crippen LogP) is 2.80. The molecule has 0 aliphatic rings. The first kappa shape index (κ1) is 11.3. The molecule has 2 aromatic rings. The highest BCUT2D eigenvalue weighted by molar-refractivity contribution is 6.29. The lowest BCUT2D eigenvalue weighted by atomic mass is 10.4. The summed E-state index contributed by atoms with van der Waals surface area (Å²) in [6.07, 6.45) is 4.59. The first-order valence-electron chi connectivity index (χ1n) is 4.56. The molecule has 2 rings (SSSR count). The lowest BCUT2D eigenvalue weighted by Crippen LogP contribution is -1.85. The summed E-state index contributed by atoms with van der Waals surface area (Å²) in [6, 6.07) is 4.31. The Morgan fingerprint density at radius 3 is 2.82 bits per heavy atom. The third-order valence-corrected chi connectivity index (χ3v) is 2.04. The number of furan rings is 1. The Kier molecular flexibility index (Phi) is 3.15. The van der Waals surface area contributed by atoms with Crippen LogP contribution in [0.2, 0.25) is 5.15 Å². The van der Waals surface area contributed by atoms with E-state index in [1.54, 1.807) is 12.1 Å². The molecule has 2 heterocycles. The fourth-order valence-corrected chi connectivity index (χ4v) is 1.26. The highest BCUT2D eigenvalue weighted by Crippen LogP contribution is 2.17. The van der Waals surface area contributed by atoms with E-state index in [-0.39, 0.29) is 5.88 Å². The van der Waals surface area contributed by atoms with Gasteiger partial charge in [-0.2, -0.15) is 0 Å². The molecule has 0 unspecified atom stereocenters. The average Bonchev–Trinajstić information content (AvgIpc) is 2.75. The molecule has 0 atom stereocenters. The molecule has 17 heavy (non-hydrogen) atoms. The fraction of sp³-hybridized carbons (Fsp3) is 0. The van der Waals surface area contributed by atoms with E-state index in [2.05, 4.69) is 9.97 Å². The van der Waals surface area contributed by atoms with Gasteiger partial charge in [-0.15, -0.1) is 0 Å². The molecule has 0 aliphatic carbocycles. The Hall–Kier alpha value is -2.21. The van der Waals surface area contributed by atoms with E-state index >= 15 is 0 Å². The van der Waals surface area contributed by atoms with Crippen molar-refractivity contribution in [1.82, 2.24) is 9.97 Å². The van der Waals surface area contributed by atoms with E-state index < -0.39 is 4.92 Å². The Morgan fingerprint density at radius 1 is 1.35 bits per heavy atom. The molecule has 0 saturated carbocycles. The zero-order valence-electron chi connectivity index (χ0n) is 8.41. The van der Waals surface area contributed by atoms with E-state index in [1.807, 2.05) is 0 Å². The summed E-state index contributed by atoms with van der Waals surface area (Å²) in [5.41, 5.74) is 0. The van der Waals surface area contributed by atoms with Crippen molar-refractivity contribution in [3.8, 4) is 0 Å².